The van der Waals surface area contributed by atoms with Crippen LogP contribution in [0.3, 0.4) is 0 Å². The Morgan fingerprint density at radius 2 is 2.08 bits per heavy atom. The lowest BCUT2D eigenvalue weighted by molar-refractivity contribution is -0.161. The minimum atomic E-state index is -3.26. The summed E-state index contributed by atoms with van der Waals surface area (Å²) in [6.07, 6.45) is 4.14. The van der Waals surface area contributed by atoms with Crippen LogP contribution in [0, 0.1) is 12.8 Å². The predicted octanol–water partition coefficient (Wildman–Crippen LogP) is 3.20. The van der Waals surface area contributed by atoms with E-state index < -0.39 is 31.1 Å². The Kier molecular flexibility index (Phi) is 7.02. The zero-order valence-electron chi connectivity index (χ0n) is 20.7. The molecule has 1 aromatic carbocycles. The largest absolute Gasteiger partial charge is 0.484 e. The summed E-state index contributed by atoms with van der Waals surface area (Å²) < 4.78 is 35.0. The summed E-state index contributed by atoms with van der Waals surface area (Å²) in [5.74, 6) is -3.41. The van der Waals surface area contributed by atoms with Gasteiger partial charge in [-0.1, -0.05) is 6.07 Å². The molecule has 1 aliphatic heterocycles. The fraction of sp³-hybridized carbons (Fsp3) is 0.370. The number of halogens is 2. The summed E-state index contributed by atoms with van der Waals surface area (Å²) in [5, 5.41) is 11.8. The molecule has 1 aliphatic carbocycles. The quantitative estimate of drug-likeness (QED) is 0.488. The van der Waals surface area contributed by atoms with Gasteiger partial charge in [0.05, 0.1) is 12.2 Å². The molecule has 2 amide bonds. The number of benzene rings is 1. The lowest BCUT2D eigenvalue weighted by Crippen LogP contribution is -2.55. The smallest absolute Gasteiger partial charge is 0.301 e. The molecule has 3 atom stereocenters. The summed E-state index contributed by atoms with van der Waals surface area (Å²) >= 11 is 0. The van der Waals surface area contributed by atoms with Crippen LogP contribution in [0.1, 0.15) is 29.9 Å². The normalized spacial score (nSPS) is 22.0. The van der Waals surface area contributed by atoms with Gasteiger partial charge >= 0.3 is 5.92 Å². The Morgan fingerprint density at radius 1 is 1.24 bits per heavy atom. The highest BCUT2D eigenvalue weighted by Gasteiger charge is 2.47. The lowest BCUT2D eigenvalue weighted by atomic mass is 10.0. The van der Waals surface area contributed by atoms with Gasteiger partial charge in [0.15, 0.2) is 6.10 Å². The molecule has 3 aromatic rings. The molecular formula is C27H27F2N5O4. The number of hydrogen-bond donors (Lipinski definition) is 2. The number of ether oxygens (including phenoxy) is 1. The van der Waals surface area contributed by atoms with Gasteiger partial charge in [-0.25, -0.2) is 18.7 Å². The molecule has 2 N–H and O–H groups in total. The summed E-state index contributed by atoms with van der Waals surface area (Å²) in [6, 6.07) is 10.6. The van der Waals surface area contributed by atoms with Crippen molar-refractivity contribution >= 4 is 17.6 Å². The van der Waals surface area contributed by atoms with Crippen molar-refractivity contribution < 1.29 is 28.2 Å². The van der Waals surface area contributed by atoms with Gasteiger partial charge in [-0.15, -0.1) is 0 Å². The Bertz CT molecular complexity index is 1340. The van der Waals surface area contributed by atoms with Crippen LogP contribution in [0.5, 0.6) is 5.75 Å². The molecule has 0 radical (unpaired) electrons. The molecule has 5 rings (SSSR count). The average molecular weight is 524 g/mol. The molecule has 2 aliphatic rings. The molecule has 38 heavy (non-hydrogen) atoms. The van der Waals surface area contributed by atoms with Crippen molar-refractivity contribution in [3.8, 4) is 17.0 Å². The standard InChI is InChI=1S/C27H27F2N5O4/c1-16-9-17(4-5-22(16)38-23-6-8-34(25(36)13-35)14-27(23,28)29)21-11-24(32-15-31-21)33-26(37)20-10-19(20)18-3-2-7-30-12-18/h2-5,7,9,11-12,15,19-20,23,35H,6,8,10,13-14H2,1H3,(H,31,32,33,37)/t19?,20-,23+/m1/s1. The van der Waals surface area contributed by atoms with Crippen LogP contribution in [0.4, 0.5) is 14.6 Å². The van der Waals surface area contributed by atoms with Gasteiger partial charge in [-0.3, -0.25) is 14.6 Å². The van der Waals surface area contributed by atoms with Crippen molar-refractivity contribution in [2.45, 2.75) is 37.7 Å². The number of rotatable bonds is 7. The molecule has 0 spiro atoms. The Hall–Kier alpha value is -3.99. The number of alkyl halides is 2. The first-order valence-corrected chi connectivity index (χ1v) is 12.3. The summed E-state index contributed by atoms with van der Waals surface area (Å²) in [4.78, 5) is 37.8. The maximum atomic E-state index is 14.7. The zero-order valence-corrected chi connectivity index (χ0v) is 20.7. The lowest BCUT2D eigenvalue weighted by Gasteiger charge is -2.38. The van der Waals surface area contributed by atoms with E-state index in [2.05, 4.69) is 20.3 Å². The number of nitrogens with zero attached hydrogens (tertiary/aromatic N) is 4. The molecule has 198 valence electrons. The van der Waals surface area contributed by atoms with Gasteiger partial charge in [0.25, 0.3) is 0 Å². The van der Waals surface area contributed by atoms with Gasteiger partial charge in [0.1, 0.15) is 24.5 Å². The maximum Gasteiger partial charge on any atom is 0.301 e. The van der Waals surface area contributed by atoms with E-state index in [1.165, 1.54) is 6.33 Å². The topological polar surface area (TPSA) is 118 Å². The number of carbonyl (C=O) groups excluding carboxylic acids is 2. The SMILES string of the molecule is Cc1cc(-c2cc(NC(=O)[C@@H]3CC3c3cccnc3)ncn2)ccc1O[C@H]1CCN(C(=O)CO)CC1(F)F. The number of pyridine rings is 1. The third-order valence-corrected chi connectivity index (χ3v) is 6.92. The molecule has 1 saturated carbocycles. The van der Waals surface area contributed by atoms with Crippen LogP contribution in [-0.4, -0.2) is 68.5 Å². The highest BCUT2D eigenvalue weighted by molar-refractivity contribution is 5.94. The van der Waals surface area contributed by atoms with E-state index in [4.69, 9.17) is 9.84 Å². The molecule has 1 saturated heterocycles. The van der Waals surface area contributed by atoms with E-state index >= 15 is 0 Å². The van der Waals surface area contributed by atoms with Crippen molar-refractivity contribution in [3.63, 3.8) is 0 Å². The highest BCUT2D eigenvalue weighted by Crippen LogP contribution is 2.47. The van der Waals surface area contributed by atoms with Crippen molar-refractivity contribution in [1.29, 1.82) is 0 Å². The predicted molar refractivity (Wildman–Crippen MR) is 134 cm³/mol. The molecule has 3 heterocycles. The third-order valence-electron chi connectivity index (χ3n) is 6.92. The number of likely N-dealkylation sites (tertiary alicyclic amines) is 1. The second kappa shape index (κ2) is 10.4. The van der Waals surface area contributed by atoms with E-state index in [1.54, 1.807) is 43.6 Å². The number of aromatic nitrogens is 3. The van der Waals surface area contributed by atoms with E-state index in [0.717, 1.165) is 16.9 Å². The number of aliphatic hydroxyl groups excluding tert-OH is 1. The zero-order chi connectivity index (χ0) is 26.9. The first kappa shape index (κ1) is 25.7. The number of anilines is 1. The van der Waals surface area contributed by atoms with Crippen LogP contribution in [0.25, 0.3) is 11.3 Å². The molecule has 2 aromatic heterocycles. The van der Waals surface area contributed by atoms with E-state index in [9.17, 15) is 18.4 Å². The fourth-order valence-corrected chi connectivity index (χ4v) is 4.72. The molecule has 11 heteroatoms. The van der Waals surface area contributed by atoms with Gasteiger partial charge in [0.2, 0.25) is 11.8 Å². The molecule has 2 fully saturated rings. The van der Waals surface area contributed by atoms with E-state index in [-0.39, 0.29) is 30.7 Å². The molecule has 1 unspecified atom stereocenters. The number of piperidine rings is 1. The summed E-state index contributed by atoms with van der Waals surface area (Å²) in [6.45, 7) is 0.226. The van der Waals surface area contributed by atoms with Crippen molar-refractivity contribution in [1.82, 2.24) is 19.9 Å². The summed E-state index contributed by atoms with van der Waals surface area (Å²) in [7, 11) is 0. The Morgan fingerprint density at radius 3 is 2.79 bits per heavy atom. The second-order valence-corrected chi connectivity index (χ2v) is 9.62. The Balaban J connectivity index is 1.23. The number of nitrogens with one attached hydrogen (secondary N) is 1. The van der Waals surface area contributed by atoms with Gasteiger partial charge < -0.3 is 20.1 Å². The number of hydrogen-bond acceptors (Lipinski definition) is 7. The first-order chi connectivity index (χ1) is 18.2. The molecule has 9 nitrogen and oxygen atoms in total. The minimum Gasteiger partial charge on any atom is -0.484 e. The number of aliphatic hydroxyl groups is 1. The number of carbonyl (C=O) groups is 2. The van der Waals surface area contributed by atoms with Crippen LogP contribution in [-0.2, 0) is 9.59 Å². The third kappa shape index (κ3) is 5.47. The molecular weight excluding hydrogens is 496 g/mol. The monoisotopic (exact) mass is 523 g/mol. The van der Waals surface area contributed by atoms with E-state index in [1.807, 2.05) is 12.1 Å². The van der Waals surface area contributed by atoms with Gasteiger partial charge in [-0.05, 0) is 54.7 Å². The highest BCUT2D eigenvalue weighted by atomic mass is 19.3. The average Bonchev–Trinajstić information content (AvgIpc) is 3.72. The summed E-state index contributed by atoms with van der Waals surface area (Å²) in [5.41, 5.74) is 2.94. The van der Waals surface area contributed by atoms with Crippen LogP contribution in [0.2, 0.25) is 0 Å². The van der Waals surface area contributed by atoms with Gasteiger partial charge in [0, 0.05) is 42.9 Å². The van der Waals surface area contributed by atoms with Crippen molar-refractivity contribution in [2.24, 2.45) is 5.92 Å². The fourth-order valence-electron chi connectivity index (χ4n) is 4.72. The number of amides is 2. The molecule has 0 bridgehead atoms. The van der Waals surface area contributed by atoms with Gasteiger partial charge in [-0.2, -0.15) is 0 Å². The maximum absolute atomic E-state index is 14.7. The van der Waals surface area contributed by atoms with Crippen LogP contribution < -0.4 is 10.1 Å². The van der Waals surface area contributed by atoms with Crippen molar-refractivity contribution in [3.05, 3.63) is 66.2 Å². The van der Waals surface area contributed by atoms with Crippen LogP contribution in [0.15, 0.2) is 55.1 Å². The van der Waals surface area contributed by atoms with Crippen molar-refractivity contribution in [2.75, 3.05) is 25.0 Å². The minimum absolute atomic E-state index is 0.0580. The Labute approximate surface area is 217 Å². The second-order valence-electron chi connectivity index (χ2n) is 9.62. The van der Waals surface area contributed by atoms with Crippen LogP contribution >= 0.6 is 0 Å². The first-order valence-electron chi connectivity index (χ1n) is 12.3. The van der Waals surface area contributed by atoms with E-state index in [0.29, 0.717) is 28.4 Å². The number of aryl methyl sites for hydroxylation is 1.